The summed E-state index contributed by atoms with van der Waals surface area (Å²) in [5, 5.41) is -0.504. The number of nitrogens with zero attached hydrogens (tertiary/aromatic N) is 1. The lowest BCUT2D eigenvalue weighted by Crippen LogP contribution is -2.35. The van der Waals surface area contributed by atoms with Gasteiger partial charge in [0.05, 0.1) is 21.7 Å². The molecule has 0 spiro atoms. The zero-order valence-electron chi connectivity index (χ0n) is 14.7. The summed E-state index contributed by atoms with van der Waals surface area (Å²) in [5.74, 6) is -1.72. The van der Waals surface area contributed by atoms with Crippen molar-refractivity contribution in [1.29, 1.82) is 0 Å². The van der Waals surface area contributed by atoms with E-state index in [9.17, 15) is 22.4 Å². The fraction of sp³-hybridized carbons (Fsp3) is 0.316. The highest BCUT2D eigenvalue weighted by atomic mass is 35.5. The lowest BCUT2D eigenvalue weighted by molar-refractivity contribution is -0.137. The molecule has 3 nitrogen and oxygen atoms in total. The third-order valence-electron chi connectivity index (χ3n) is 4.94. The van der Waals surface area contributed by atoms with Crippen LogP contribution in [0.1, 0.15) is 31.4 Å². The zero-order chi connectivity index (χ0) is 20.1. The third kappa shape index (κ3) is 3.04. The van der Waals surface area contributed by atoms with Crippen LogP contribution in [0.3, 0.4) is 0 Å². The van der Waals surface area contributed by atoms with Gasteiger partial charge in [-0.25, -0.2) is 4.39 Å². The van der Waals surface area contributed by atoms with E-state index in [4.69, 9.17) is 16.3 Å². The van der Waals surface area contributed by atoms with Crippen molar-refractivity contribution >= 4 is 23.2 Å². The van der Waals surface area contributed by atoms with Crippen molar-refractivity contribution in [2.45, 2.75) is 31.9 Å². The van der Waals surface area contributed by atoms with E-state index in [2.05, 4.69) is 0 Å². The molecule has 144 valence electrons. The normalized spacial score (nSPS) is 19.4. The summed E-state index contributed by atoms with van der Waals surface area (Å²) in [5.41, 5.74) is -0.945. The lowest BCUT2D eigenvalue weighted by Gasteiger charge is -2.23. The average Bonchev–Trinajstić information content (AvgIpc) is 2.80. The Hall–Kier alpha value is -2.28. The molecule has 1 atom stereocenters. The van der Waals surface area contributed by atoms with Gasteiger partial charge in [-0.15, -0.1) is 0 Å². The molecule has 1 aliphatic rings. The summed E-state index contributed by atoms with van der Waals surface area (Å²) in [7, 11) is 1.62. The van der Waals surface area contributed by atoms with E-state index in [1.54, 1.807) is 26.1 Å². The van der Waals surface area contributed by atoms with Gasteiger partial charge in [-0.05, 0) is 37.6 Å². The van der Waals surface area contributed by atoms with Gasteiger partial charge in [0, 0.05) is 12.6 Å². The van der Waals surface area contributed by atoms with Crippen molar-refractivity contribution in [3.8, 4) is 11.5 Å². The monoisotopic (exact) mass is 401 g/mol. The number of hydrogen-bond acceptors (Lipinski definition) is 2. The molecule has 0 saturated carbocycles. The number of hydrogen-bond donors (Lipinski definition) is 0. The van der Waals surface area contributed by atoms with Crippen molar-refractivity contribution in [2.24, 2.45) is 0 Å². The molecule has 8 heteroatoms. The van der Waals surface area contributed by atoms with E-state index >= 15 is 0 Å². The maximum Gasteiger partial charge on any atom is 0.416 e. The Labute approximate surface area is 158 Å². The largest absolute Gasteiger partial charge is 0.452 e. The topological polar surface area (TPSA) is 29.5 Å². The summed E-state index contributed by atoms with van der Waals surface area (Å²) in [6.07, 6.45) is -4.26. The number of fused-ring (bicyclic) bond motifs is 1. The fourth-order valence-corrected chi connectivity index (χ4v) is 3.53. The highest BCUT2D eigenvalue weighted by molar-refractivity contribution is 6.32. The Kier molecular flexibility index (Phi) is 4.62. The number of anilines is 1. The quantitative estimate of drug-likeness (QED) is 0.596. The van der Waals surface area contributed by atoms with E-state index in [0.717, 1.165) is 0 Å². The number of ether oxygens (including phenoxy) is 1. The minimum Gasteiger partial charge on any atom is -0.452 e. The third-order valence-corrected chi connectivity index (χ3v) is 5.22. The van der Waals surface area contributed by atoms with E-state index in [0.29, 0.717) is 29.8 Å². The van der Waals surface area contributed by atoms with E-state index in [-0.39, 0.29) is 11.7 Å². The minimum absolute atomic E-state index is 0.143. The second-order valence-electron chi connectivity index (χ2n) is 6.57. The molecule has 0 radical (unpaired) electrons. The Bertz CT molecular complexity index is 905. The molecule has 0 aliphatic carbocycles. The first-order valence-electron chi connectivity index (χ1n) is 8.16. The second kappa shape index (κ2) is 6.41. The van der Waals surface area contributed by atoms with Gasteiger partial charge in [-0.3, -0.25) is 4.79 Å². The van der Waals surface area contributed by atoms with Crippen LogP contribution in [0.15, 0.2) is 30.3 Å². The molecular weight excluding hydrogens is 386 g/mol. The molecular formula is C19H16ClF4NO2. The molecule has 1 aliphatic heterocycles. The first-order chi connectivity index (χ1) is 12.5. The Morgan fingerprint density at radius 3 is 2.48 bits per heavy atom. The van der Waals surface area contributed by atoms with Gasteiger partial charge in [0.1, 0.15) is 5.75 Å². The van der Waals surface area contributed by atoms with Crippen LogP contribution in [0.2, 0.25) is 5.02 Å². The summed E-state index contributed by atoms with van der Waals surface area (Å²) in [4.78, 5) is 14.1. The van der Waals surface area contributed by atoms with Crippen LogP contribution in [0.5, 0.6) is 11.5 Å². The molecule has 0 N–H and O–H groups in total. The van der Waals surface area contributed by atoms with Gasteiger partial charge in [0.2, 0.25) is 5.91 Å². The lowest BCUT2D eigenvalue weighted by atomic mass is 9.81. The Morgan fingerprint density at radius 2 is 1.93 bits per heavy atom. The molecule has 2 aromatic carbocycles. The fourth-order valence-electron chi connectivity index (χ4n) is 3.28. The van der Waals surface area contributed by atoms with Crippen LogP contribution in [0.4, 0.5) is 23.2 Å². The molecule has 0 bridgehead atoms. The van der Waals surface area contributed by atoms with Gasteiger partial charge >= 0.3 is 6.18 Å². The number of amides is 1. The number of rotatable bonds is 3. The van der Waals surface area contributed by atoms with Crippen molar-refractivity contribution in [2.75, 3.05) is 11.9 Å². The maximum atomic E-state index is 14.3. The number of benzene rings is 2. The van der Waals surface area contributed by atoms with Crippen LogP contribution in [-0.2, 0) is 16.4 Å². The van der Waals surface area contributed by atoms with Crippen LogP contribution in [0.25, 0.3) is 0 Å². The van der Waals surface area contributed by atoms with E-state index in [1.807, 2.05) is 6.92 Å². The van der Waals surface area contributed by atoms with Gasteiger partial charge in [-0.2, -0.15) is 13.2 Å². The highest BCUT2D eigenvalue weighted by Crippen LogP contribution is 2.49. The molecule has 3 rings (SSSR count). The molecule has 2 aromatic rings. The average molecular weight is 402 g/mol. The summed E-state index contributed by atoms with van der Waals surface area (Å²) < 4.78 is 58.3. The van der Waals surface area contributed by atoms with Crippen LogP contribution in [-0.4, -0.2) is 13.0 Å². The van der Waals surface area contributed by atoms with Gasteiger partial charge in [0.15, 0.2) is 11.6 Å². The zero-order valence-corrected chi connectivity index (χ0v) is 15.5. The van der Waals surface area contributed by atoms with Crippen LogP contribution in [0, 0.1) is 5.82 Å². The smallest absolute Gasteiger partial charge is 0.416 e. The molecule has 27 heavy (non-hydrogen) atoms. The summed E-state index contributed by atoms with van der Waals surface area (Å²) in [6.45, 7) is 3.58. The van der Waals surface area contributed by atoms with E-state index < -0.39 is 33.7 Å². The Morgan fingerprint density at radius 1 is 1.26 bits per heavy atom. The van der Waals surface area contributed by atoms with Crippen LogP contribution < -0.4 is 9.64 Å². The van der Waals surface area contributed by atoms with Crippen molar-refractivity contribution in [3.63, 3.8) is 0 Å². The summed E-state index contributed by atoms with van der Waals surface area (Å²) in [6, 6.07) is 5.83. The Balaban J connectivity index is 2.11. The number of carbonyl (C=O) groups excluding carboxylic acids is 1. The molecule has 0 fully saturated rings. The molecule has 1 heterocycles. The number of likely N-dealkylation sites (N-methyl/N-ethyl adjacent to an activating group) is 1. The van der Waals surface area contributed by atoms with Gasteiger partial charge in [-0.1, -0.05) is 24.6 Å². The number of alkyl halides is 3. The van der Waals surface area contributed by atoms with E-state index in [1.165, 1.54) is 11.0 Å². The first kappa shape index (κ1) is 19.5. The van der Waals surface area contributed by atoms with Crippen molar-refractivity contribution in [3.05, 3.63) is 52.3 Å². The standard InChI is InChI=1S/C19H16ClF4NO2/c1-4-18(2)15-13(25(3)17(18)26)6-5-7-14(15)27-16-11(20)8-10(9-12(16)21)19(22,23)24/h5-9H,4H2,1-3H3. The summed E-state index contributed by atoms with van der Waals surface area (Å²) >= 11 is 5.86. The molecule has 0 aromatic heterocycles. The predicted octanol–water partition coefficient (Wildman–Crippen LogP) is 5.93. The molecule has 0 saturated heterocycles. The van der Waals surface area contributed by atoms with Gasteiger partial charge < -0.3 is 9.64 Å². The second-order valence-corrected chi connectivity index (χ2v) is 6.98. The number of carbonyl (C=O) groups is 1. The highest BCUT2D eigenvalue weighted by Gasteiger charge is 2.47. The molecule has 1 unspecified atom stereocenters. The van der Waals surface area contributed by atoms with Crippen molar-refractivity contribution in [1.82, 2.24) is 0 Å². The van der Waals surface area contributed by atoms with Crippen molar-refractivity contribution < 1.29 is 27.1 Å². The predicted molar refractivity (Wildman–Crippen MR) is 94.0 cm³/mol. The molecule has 1 amide bonds. The van der Waals surface area contributed by atoms with Gasteiger partial charge in [0.25, 0.3) is 0 Å². The maximum absolute atomic E-state index is 14.3. The number of halogens is 5. The first-order valence-corrected chi connectivity index (χ1v) is 8.54. The SMILES string of the molecule is CCC1(C)C(=O)N(C)c2cccc(Oc3c(F)cc(C(F)(F)F)cc3Cl)c21. The minimum atomic E-state index is -4.73. The van der Waals surface area contributed by atoms with Crippen LogP contribution >= 0.6 is 11.6 Å².